The van der Waals surface area contributed by atoms with E-state index in [0.29, 0.717) is 17.5 Å². The molecule has 0 saturated carbocycles. The summed E-state index contributed by atoms with van der Waals surface area (Å²) in [6.45, 7) is 0. The van der Waals surface area contributed by atoms with Gasteiger partial charge in [-0.1, -0.05) is 224 Å². The van der Waals surface area contributed by atoms with Gasteiger partial charge in [-0.25, -0.2) is 15.0 Å². The van der Waals surface area contributed by atoms with Crippen LogP contribution in [0.2, 0.25) is 0 Å². The summed E-state index contributed by atoms with van der Waals surface area (Å²) in [6, 6.07) is 86.1. The standard InChI is InChI=1S/C61H40N4/c1-7-23-41(24-8-1)53-55(43-27-11-3-12-28-43)58(65-51-38-22-21-37-49(51)50-39-47-35-19-20-36-48(47)40-52(50)65)56(44-29-13-4-14-30-44)54(42-25-9-2-10-26-42)57(53)61-63-59(45-31-15-5-16-32-45)62-60(64-61)46-33-17-6-18-34-46/h1-40H. The first kappa shape index (κ1) is 38.0. The minimum atomic E-state index is 0.588. The van der Waals surface area contributed by atoms with E-state index in [9.17, 15) is 0 Å². The second kappa shape index (κ2) is 16.2. The van der Waals surface area contributed by atoms with Gasteiger partial charge in [0, 0.05) is 49.7 Å². The topological polar surface area (TPSA) is 43.6 Å². The predicted octanol–water partition coefficient (Wildman–Crippen LogP) is 15.8. The average Bonchev–Trinajstić information content (AvgIpc) is 3.71. The number of benzene rings is 10. The number of nitrogens with zero attached hydrogens (tertiary/aromatic N) is 4. The Morgan fingerprint density at radius 1 is 0.246 bits per heavy atom. The van der Waals surface area contributed by atoms with Gasteiger partial charge in [-0.2, -0.15) is 0 Å². The van der Waals surface area contributed by atoms with Crippen molar-refractivity contribution in [3.8, 4) is 84.4 Å². The third-order valence-electron chi connectivity index (χ3n) is 12.4. The van der Waals surface area contributed by atoms with E-state index in [-0.39, 0.29) is 0 Å². The van der Waals surface area contributed by atoms with Crippen molar-refractivity contribution in [3.63, 3.8) is 0 Å². The van der Waals surface area contributed by atoms with E-state index in [0.717, 1.165) is 77.9 Å². The Bertz CT molecular complexity index is 3500. The molecule has 0 saturated heterocycles. The quantitative estimate of drug-likeness (QED) is 0.153. The Labute approximate surface area is 377 Å². The van der Waals surface area contributed by atoms with Crippen molar-refractivity contribution in [1.82, 2.24) is 19.5 Å². The Kier molecular flexibility index (Phi) is 9.46. The van der Waals surface area contributed by atoms with Crippen molar-refractivity contribution in [2.75, 3.05) is 0 Å². The predicted molar refractivity (Wildman–Crippen MR) is 270 cm³/mol. The molecule has 0 aliphatic heterocycles. The minimum absolute atomic E-state index is 0.588. The van der Waals surface area contributed by atoms with Crippen molar-refractivity contribution in [2.45, 2.75) is 0 Å². The molecule has 0 atom stereocenters. The van der Waals surface area contributed by atoms with Crippen LogP contribution in [-0.2, 0) is 0 Å². The van der Waals surface area contributed by atoms with E-state index in [4.69, 9.17) is 15.0 Å². The van der Waals surface area contributed by atoms with Gasteiger partial charge in [-0.05, 0) is 51.2 Å². The largest absolute Gasteiger partial charge is 0.308 e. The molecule has 4 nitrogen and oxygen atoms in total. The minimum Gasteiger partial charge on any atom is -0.308 e. The highest BCUT2D eigenvalue weighted by Crippen LogP contribution is 2.55. The summed E-state index contributed by atoms with van der Waals surface area (Å²) >= 11 is 0. The van der Waals surface area contributed by atoms with E-state index in [1.807, 2.05) is 36.4 Å². The van der Waals surface area contributed by atoms with E-state index < -0.39 is 0 Å². The first-order valence-electron chi connectivity index (χ1n) is 22.0. The van der Waals surface area contributed by atoms with E-state index in [1.165, 1.54) is 21.5 Å². The van der Waals surface area contributed by atoms with Gasteiger partial charge in [0.05, 0.1) is 16.7 Å². The van der Waals surface area contributed by atoms with Crippen LogP contribution in [0.1, 0.15) is 0 Å². The summed E-state index contributed by atoms with van der Waals surface area (Å²) in [4.78, 5) is 16.3. The Balaban J connectivity index is 1.37. The zero-order chi connectivity index (χ0) is 43.1. The lowest BCUT2D eigenvalue weighted by Crippen LogP contribution is -2.09. The van der Waals surface area contributed by atoms with Gasteiger partial charge in [0.1, 0.15) is 0 Å². The zero-order valence-corrected chi connectivity index (χ0v) is 35.4. The monoisotopic (exact) mass is 828 g/mol. The van der Waals surface area contributed by atoms with Gasteiger partial charge in [-0.15, -0.1) is 0 Å². The number of hydrogen-bond acceptors (Lipinski definition) is 3. The van der Waals surface area contributed by atoms with Crippen LogP contribution in [0.15, 0.2) is 243 Å². The summed E-state index contributed by atoms with van der Waals surface area (Å²) in [5, 5.41) is 4.77. The lowest BCUT2D eigenvalue weighted by molar-refractivity contribution is 1.07. The van der Waals surface area contributed by atoms with Crippen LogP contribution < -0.4 is 0 Å². The third-order valence-corrected chi connectivity index (χ3v) is 12.4. The lowest BCUT2D eigenvalue weighted by Gasteiger charge is -2.29. The molecule has 2 heterocycles. The fourth-order valence-electron chi connectivity index (χ4n) is 9.56. The highest BCUT2D eigenvalue weighted by Gasteiger charge is 2.32. The smallest absolute Gasteiger partial charge is 0.165 e. The van der Waals surface area contributed by atoms with Gasteiger partial charge in [0.25, 0.3) is 0 Å². The van der Waals surface area contributed by atoms with E-state index >= 15 is 0 Å². The summed E-state index contributed by atoms with van der Waals surface area (Å²) in [6.07, 6.45) is 0. The molecule has 12 aromatic rings. The second-order valence-corrected chi connectivity index (χ2v) is 16.3. The molecule has 0 amide bonds. The molecule has 0 aliphatic rings. The molecule has 12 rings (SSSR count). The lowest BCUT2D eigenvalue weighted by atomic mass is 9.79. The molecule has 0 aliphatic carbocycles. The summed E-state index contributed by atoms with van der Waals surface area (Å²) in [5.74, 6) is 1.80. The molecule has 304 valence electrons. The molecule has 0 unspecified atom stereocenters. The summed E-state index contributed by atoms with van der Waals surface area (Å²) < 4.78 is 2.53. The third kappa shape index (κ3) is 6.68. The fraction of sp³-hybridized carbons (Fsp3) is 0. The summed E-state index contributed by atoms with van der Waals surface area (Å²) in [7, 11) is 0. The van der Waals surface area contributed by atoms with Crippen molar-refractivity contribution < 1.29 is 0 Å². The van der Waals surface area contributed by atoms with Crippen LogP contribution >= 0.6 is 0 Å². The Hall–Kier alpha value is -8.73. The van der Waals surface area contributed by atoms with Crippen LogP contribution in [0.25, 0.3) is 117 Å². The highest BCUT2D eigenvalue weighted by atomic mass is 15.0. The van der Waals surface area contributed by atoms with Gasteiger partial charge in [-0.3, -0.25) is 0 Å². The molecular weight excluding hydrogens is 789 g/mol. The van der Waals surface area contributed by atoms with E-state index in [2.05, 4.69) is 211 Å². The summed E-state index contributed by atoms with van der Waals surface area (Å²) in [5.41, 5.74) is 14.5. The van der Waals surface area contributed by atoms with Crippen LogP contribution in [0, 0.1) is 0 Å². The van der Waals surface area contributed by atoms with Gasteiger partial charge < -0.3 is 4.57 Å². The molecular formula is C61H40N4. The van der Waals surface area contributed by atoms with E-state index in [1.54, 1.807) is 0 Å². The van der Waals surface area contributed by atoms with Crippen LogP contribution in [0.5, 0.6) is 0 Å². The maximum Gasteiger partial charge on any atom is 0.165 e. The molecule has 0 spiro atoms. The molecule has 65 heavy (non-hydrogen) atoms. The van der Waals surface area contributed by atoms with Crippen LogP contribution in [0.3, 0.4) is 0 Å². The number of rotatable bonds is 8. The number of aromatic nitrogens is 4. The number of hydrogen-bond donors (Lipinski definition) is 0. The van der Waals surface area contributed by atoms with Crippen molar-refractivity contribution >= 4 is 32.6 Å². The number of para-hydroxylation sites is 1. The van der Waals surface area contributed by atoms with Crippen molar-refractivity contribution in [1.29, 1.82) is 0 Å². The first-order chi connectivity index (χ1) is 32.3. The first-order valence-corrected chi connectivity index (χ1v) is 22.0. The van der Waals surface area contributed by atoms with Crippen molar-refractivity contribution in [3.05, 3.63) is 243 Å². The normalized spacial score (nSPS) is 11.4. The molecule has 10 aromatic carbocycles. The Morgan fingerprint density at radius 2 is 0.600 bits per heavy atom. The number of fused-ring (bicyclic) bond motifs is 4. The second-order valence-electron chi connectivity index (χ2n) is 16.3. The highest BCUT2D eigenvalue weighted by molar-refractivity contribution is 6.17. The molecule has 0 bridgehead atoms. The molecule has 0 N–H and O–H groups in total. The van der Waals surface area contributed by atoms with Crippen LogP contribution in [-0.4, -0.2) is 19.5 Å². The van der Waals surface area contributed by atoms with Gasteiger partial charge in [0.2, 0.25) is 0 Å². The molecule has 0 fully saturated rings. The van der Waals surface area contributed by atoms with Gasteiger partial charge in [0.15, 0.2) is 17.5 Å². The molecule has 0 radical (unpaired) electrons. The SMILES string of the molecule is c1ccc(-c2nc(-c3ccccc3)nc(-c3c(-c4ccccc4)c(-c4ccccc4)c(-n4c5ccccc5c5cc6ccccc6cc54)c(-c4ccccc4)c3-c3ccccc3)n2)cc1. The average molecular weight is 829 g/mol. The van der Waals surface area contributed by atoms with Crippen LogP contribution in [0.4, 0.5) is 0 Å². The van der Waals surface area contributed by atoms with Crippen molar-refractivity contribution in [2.24, 2.45) is 0 Å². The maximum absolute atomic E-state index is 5.54. The zero-order valence-electron chi connectivity index (χ0n) is 35.4. The van der Waals surface area contributed by atoms with Gasteiger partial charge >= 0.3 is 0 Å². The fourth-order valence-corrected chi connectivity index (χ4v) is 9.56. The maximum atomic E-state index is 5.54. The molecule has 4 heteroatoms. The molecule has 2 aromatic heterocycles. The Morgan fingerprint density at radius 3 is 1.06 bits per heavy atom.